The normalized spacial score (nSPS) is 23.4. The van der Waals surface area contributed by atoms with Crippen LogP contribution in [0.2, 0.25) is 0 Å². The summed E-state index contributed by atoms with van der Waals surface area (Å²) in [5, 5.41) is 3.51. The Kier molecular flexibility index (Phi) is 5.49. The first-order valence-electron chi connectivity index (χ1n) is 6.29. The van der Waals surface area contributed by atoms with E-state index in [1.54, 1.807) is 0 Å². The van der Waals surface area contributed by atoms with Gasteiger partial charge in [0.05, 0.1) is 0 Å². The Morgan fingerprint density at radius 2 is 2.00 bits per heavy atom. The van der Waals surface area contributed by atoms with E-state index < -0.39 is 0 Å². The summed E-state index contributed by atoms with van der Waals surface area (Å²) < 4.78 is 0. The molecule has 1 aliphatic heterocycles. The lowest BCUT2D eigenvalue weighted by atomic mass is 10.0. The second-order valence-corrected chi connectivity index (χ2v) is 4.30. The minimum Gasteiger partial charge on any atom is -0.315 e. The summed E-state index contributed by atoms with van der Waals surface area (Å²) in [5.74, 6) is 0. The summed E-state index contributed by atoms with van der Waals surface area (Å²) in [6, 6.07) is 1.59. The molecule has 1 unspecified atom stereocenters. The van der Waals surface area contributed by atoms with Crippen LogP contribution in [0, 0.1) is 0 Å². The van der Waals surface area contributed by atoms with Crippen molar-refractivity contribution in [1.29, 1.82) is 0 Å². The molecule has 1 rings (SSSR count). The SMILES string of the molecule is CCC(CC)N(CC)C1CCCNC1. The number of nitrogens with one attached hydrogen (secondary N) is 1. The van der Waals surface area contributed by atoms with Gasteiger partial charge >= 0.3 is 0 Å². The number of nitrogens with zero attached hydrogens (tertiary/aromatic N) is 1. The lowest BCUT2D eigenvalue weighted by Gasteiger charge is -2.39. The van der Waals surface area contributed by atoms with Gasteiger partial charge in [-0.15, -0.1) is 0 Å². The maximum Gasteiger partial charge on any atom is 0.0223 e. The van der Waals surface area contributed by atoms with Crippen LogP contribution in [0.1, 0.15) is 46.5 Å². The maximum atomic E-state index is 3.51. The van der Waals surface area contributed by atoms with Crippen molar-refractivity contribution in [3.05, 3.63) is 0 Å². The molecule has 0 radical (unpaired) electrons. The van der Waals surface area contributed by atoms with Gasteiger partial charge in [-0.1, -0.05) is 20.8 Å². The molecule has 2 heteroatoms. The van der Waals surface area contributed by atoms with Gasteiger partial charge in [-0.3, -0.25) is 4.90 Å². The van der Waals surface area contributed by atoms with E-state index >= 15 is 0 Å². The van der Waals surface area contributed by atoms with Crippen LogP contribution < -0.4 is 5.32 Å². The molecule has 1 aliphatic rings. The Morgan fingerprint density at radius 3 is 2.43 bits per heavy atom. The lowest BCUT2D eigenvalue weighted by Crippen LogP contribution is -2.50. The van der Waals surface area contributed by atoms with Gasteiger partial charge < -0.3 is 5.32 Å². The summed E-state index contributed by atoms with van der Waals surface area (Å²) in [7, 11) is 0. The summed E-state index contributed by atoms with van der Waals surface area (Å²) in [4.78, 5) is 2.70. The Bertz CT molecular complexity index is 137. The van der Waals surface area contributed by atoms with E-state index in [1.165, 1.54) is 45.3 Å². The Labute approximate surface area is 89.1 Å². The highest BCUT2D eigenvalue weighted by molar-refractivity contribution is 4.81. The zero-order valence-electron chi connectivity index (χ0n) is 10.1. The third kappa shape index (κ3) is 2.96. The fourth-order valence-corrected chi connectivity index (χ4v) is 2.69. The number of rotatable bonds is 5. The highest BCUT2D eigenvalue weighted by Gasteiger charge is 2.23. The van der Waals surface area contributed by atoms with E-state index in [2.05, 4.69) is 31.0 Å². The van der Waals surface area contributed by atoms with Gasteiger partial charge in [0, 0.05) is 18.6 Å². The minimum absolute atomic E-state index is 0.790. The van der Waals surface area contributed by atoms with Gasteiger partial charge in [0.15, 0.2) is 0 Å². The fraction of sp³-hybridized carbons (Fsp3) is 1.00. The average molecular weight is 198 g/mol. The van der Waals surface area contributed by atoms with E-state index in [0.29, 0.717) is 0 Å². The molecule has 1 saturated heterocycles. The van der Waals surface area contributed by atoms with Crippen molar-refractivity contribution in [3.8, 4) is 0 Å². The lowest BCUT2D eigenvalue weighted by molar-refractivity contribution is 0.113. The van der Waals surface area contributed by atoms with Crippen LogP contribution >= 0.6 is 0 Å². The summed E-state index contributed by atoms with van der Waals surface area (Å²) in [6.45, 7) is 10.5. The quantitative estimate of drug-likeness (QED) is 0.729. The minimum atomic E-state index is 0.790. The number of hydrogen-bond acceptors (Lipinski definition) is 2. The van der Waals surface area contributed by atoms with Gasteiger partial charge in [0.25, 0.3) is 0 Å². The van der Waals surface area contributed by atoms with Crippen molar-refractivity contribution < 1.29 is 0 Å². The molecule has 1 heterocycles. The predicted octanol–water partition coefficient (Wildman–Crippen LogP) is 2.25. The number of hydrogen-bond donors (Lipinski definition) is 1. The molecule has 0 aliphatic carbocycles. The molecule has 0 bridgehead atoms. The monoisotopic (exact) mass is 198 g/mol. The standard InChI is InChI=1S/C12H26N2/c1-4-11(5-2)14(6-3)12-8-7-9-13-10-12/h11-13H,4-10H2,1-3H3. The van der Waals surface area contributed by atoms with Crippen LogP contribution in [0.15, 0.2) is 0 Å². The smallest absolute Gasteiger partial charge is 0.0223 e. The Balaban J connectivity index is 2.49. The van der Waals surface area contributed by atoms with Crippen molar-refractivity contribution >= 4 is 0 Å². The van der Waals surface area contributed by atoms with Gasteiger partial charge in [-0.25, -0.2) is 0 Å². The van der Waals surface area contributed by atoms with Crippen LogP contribution in [0.3, 0.4) is 0 Å². The van der Waals surface area contributed by atoms with Crippen LogP contribution in [-0.2, 0) is 0 Å². The molecule has 1 atom stereocenters. The fourth-order valence-electron chi connectivity index (χ4n) is 2.69. The predicted molar refractivity (Wildman–Crippen MR) is 62.6 cm³/mol. The first-order valence-corrected chi connectivity index (χ1v) is 6.29. The Morgan fingerprint density at radius 1 is 1.29 bits per heavy atom. The number of likely N-dealkylation sites (N-methyl/N-ethyl adjacent to an activating group) is 1. The molecule has 1 N–H and O–H groups in total. The van der Waals surface area contributed by atoms with Crippen LogP contribution in [0.5, 0.6) is 0 Å². The second-order valence-electron chi connectivity index (χ2n) is 4.30. The molecule has 0 spiro atoms. The summed E-state index contributed by atoms with van der Waals surface area (Å²) >= 11 is 0. The molecule has 0 aromatic heterocycles. The molecule has 14 heavy (non-hydrogen) atoms. The largest absolute Gasteiger partial charge is 0.315 e. The van der Waals surface area contributed by atoms with E-state index in [0.717, 1.165) is 12.1 Å². The zero-order valence-corrected chi connectivity index (χ0v) is 10.1. The first kappa shape index (κ1) is 12.0. The second kappa shape index (κ2) is 6.41. The van der Waals surface area contributed by atoms with E-state index in [-0.39, 0.29) is 0 Å². The summed E-state index contributed by atoms with van der Waals surface area (Å²) in [5.41, 5.74) is 0. The molecular formula is C12H26N2. The molecule has 2 nitrogen and oxygen atoms in total. The zero-order chi connectivity index (χ0) is 10.4. The van der Waals surface area contributed by atoms with Crippen molar-refractivity contribution in [3.63, 3.8) is 0 Å². The number of piperidine rings is 1. The first-order chi connectivity index (χ1) is 6.83. The van der Waals surface area contributed by atoms with Crippen LogP contribution in [-0.4, -0.2) is 36.6 Å². The summed E-state index contributed by atoms with van der Waals surface area (Å²) in [6.07, 6.45) is 5.32. The van der Waals surface area contributed by atoms with Crippen molar-refractivity contribution in [1.82, 2.24) is 10.2 Å². The third-order valence-corrected chi connectivity index (χ3v) is 3.52. The van der Waals surface area contributed by atoms with Crippen molar-refractivity contribution in [2.24, 2.45) is 0 Å². The molecule has 0 aromatic carbocycles. The van der Waals surface area contributed by atoms with Crippen molar-refractivity contribution in [2.45, 2.75) is 58.5 Å². The van der Waals surface area contributed by atoms with Crippen LogP contribution in [0.4, 0.5) is 0 Å². The van der Waals surface area contributed by atoms with E-state index in [1.807, 2.05) is 0 Å². The molecule has 84 valence electrons. The van der Waals surface area contributed by atoms with Gasteiger partial charge in [0.1, 0.15) is 0 Å². The van der Waals surface area contributed by atoms with Crippen molar-refractivity contribution in [2.75, 3.05) is 19.6 Å². The maximum absolute atomic E-state index is 3.51. The highest BCUT2D eigenvalue weighted by Crippen LogP contribution is 2.17. The molecular weight excluding hydrogens is 172 g/mol. The average Bonchev–Trinajstić information content (AvgIpc) is 2.27. The Hall–Kier alpha value is -0.0800. The van der Waals surface area contributed by atoms with E-state index in [9.17, 15) is 0 Å². The highest BCUT2D eigenvalue weighted by atomic mass is 15.2. The van der Waals surface area contributed by atoms with Gasteiger partial charge in [-0.2, -0.15) is 0 Å². The van der Waals surface area contributed by atoms with Gasteiger partial charge in [0.2, 0.25) is 0 Å². The molecule has 0 saturated carbocycles. The third-order valence-electron chi connectivity index (χ3n) is 3.52. The van der Waals surface area contributed by atoms with Gasteiger partial charge in [-0.05, 0) is 38.8 Å². The van der Waals surface area contributed by atoms with Crippen LogP contribution in [0.25, 0.3) is 0 Å². The molecule has 0 aromatic rings. The molecule has 1 fully saturated rings. The van der Waals surface area contributed by atoms with E-state index in [4.69, 9.17) is 0 Å². The topological polar surface area (TPSA) is 15.3 Å². The molecule has 0 amide bonds.